The average Bonchev–Trinajstić information content (AvgIpc) is 3.19. The number of aromatic amines is 1. The summed E-state index contributed by atoms with van der Waals surface area (Å²) in [5.41, 5.74) is 2.88. The quantitative estimate of drug-likeness (QED) is 0.499. The van der Waals surface area contributed by atoms with Gasteiger partial charge in [-0.25, -0.2) is 4.79 Å². The van der Waals surface area contributed by atoms with Gasteiger partial charge in [0.05, 0.1) is 13.0 Å². The smallest absolute Gasteiger partial charge is 0.328 e. The minimum atomic E-state index is -0.822. The molecular weight excluding hydrogens is 412 g/mol. The number of nitrogens with one attached hydrogen (secondary N) is 2. The van der Waals surface area contributed by atoms with Gasteiger partial charge in [0.25, 0.3) is 0 Å². The van der Waals surface area contributed by atoms with Crippen molar-refractivity contribution in [1.82, 2.24) is 10.3 Å². The number of amides is 1. The third-order valence-electron chi connectivity index (χ3n) is 5.08. The Hall–Kier alpha value is -3.06. The molecule has 0 saturated heterocycles. The van der Waals surface area contributed by atoms with E-state index in [1.54, 1.807) is 0 Å². The number of rotatable bonds is 9. The molecule has 0 aliphatic rings. The van der Waals surface area contributed by atoms with Gasteiger partial charge in [0, 0.05) is 36.2 Å². The van der Waals surface area contributed by atoms with Crippen LogP contribution in [0, 0.1) is 5.92 Å². The topological polar surface area (TPSA) is 88.3 Å². The van der Waals surface area contributed by atoms with Crippen molar-refractivity contribution in [2.45, 2.75) is 25.8 Å². The molecule has 3 rings (SSSR count). The molecule has 0 fully saturated rings. The van der Waals surface area contributed by atoms with Crippen molar-refractivity contribution in [3.8, 4) is 0 Å². The van der Waals surface area contributed by atoms with Gasteiger partial charge in [0.1, 0.15) is 6.04 Å². The van der Waals surface area contributed by atoms with Crippen LogP contribution in [0.25, 0.3) is 10.9 Å². The van der Waals surface area contributed by atoms with E-state index in [4.69, 9.17) is 4.74 Å². The molecule has 6 nitrogen and oxygen atoms in total. The largest absolute Gasteiger partial charge is 0.467 e. The van der Waals surface area contributed by atoms with E-state index in [9.17, 15) is 14.4 Å². The van der Waals surface area contributed by atoms with Crippen LogP contribution in [-0.4, -0.2) is 40.9 Å². The number of esters is 1. The van der Waals surface area contributed by atoms with E-state index in [0.29, 0.717) is 18.6 Å². The SMILES string of the molecule is COC(=O)[C@H](Cc1c[nH]c2ccccc12)NC(=O)[C@H](CSC(C)=O)Cc1ccccc1. The monoisotopic (exact) mass is 438 g/mol. The van der Waals surface area contributed by atoms with Crippen LogP contribution in [0.2, 0.25) is 0 Å². The molecule has 1 aromatic heterocycles. The minimum absolute atomic E-state index is 0.0471. The van der Waals surface area contributed by atoms with Gasteiger partial charge < -0.3 is 15.0 Å². The highest BCUT2D eigenvalue weighted by Crippen LogP contribution is 2.20. The molecule has 3 aromatic rings. The summed E-state index contributed by atoms with van der Waals surface area (Å²) in [6.45, 7) is 1.48. The highest BCUT2D eigenvalue weighted by atomic mass is 32.2. The van der Waals surface area contributed by atoms with Gasteiger partial charge in [0.15, 0.2) is 5.12 Å². The van der Waals surface area contributed by atoms with Crippen molar-refractivity contribution in [2.75, 3.05) is 12.9 Å². The zero-order valence-corrected chi connectivity index (χ0v) is 18.4. The lowest BCUT2D eigenvalue weighted by Gasteiger charge is -2.21. The number of hydrogen-bond donors (Lipinski definition) is 2. The van der Waals surface area contributed by atoms with Crippen LogP contribution in [0.15, 0.2) is 60.8 Å². The second kappa shape index (κ2) is 10.8. The molecule has 2 atom stereocenters. The van der Waals surface area contributed by atoms with E-state index in [-0.39, 0.29) is 11.0 Å². The first kappa shape index (κ1) is 22.6. The number of H-pyrrole nitrogens is 1. The normalized spacial score (nSPS) is 12.8. The lowest BCUT2D eigenvalue weighted by molar-refractivity contribution is -0.145. The number of methoxy groups -OCH3 is 1. The zero-order valence-electron chi connectivity index (χ0n) is 17.6. The Morgan fingerprint density at radius 3 is 2.45 bits per heavy atom. The summed E-state index contributed by atoms with van der Waals surface area (Å²) in [4.78, 5) is 40.3. The Morgan fingerprint density at radius 2 is 1.74 bits per heavy atom. The van der Waals surface area contributed by atoms with Gasteiger partial charge in [-0.15, -0.1) is 0 Å². The van der Waals surface area contributed by atoms with Gasteiger partial charge >= 0.3 is 5.97 Å². The highest BCUT2D eigenvalue weighted by Gasteiger charge is 2.27. The number of fused-ring (bicyclic) bond motifs is 1. The Kier molecular flexibility index (Phi) is 7.89. The molecule has 0 spiro atoms. The maximum absolute atomic E-state index is 13.1. The number of benzene rings is 2. The Bertz CT molecular complexity index is 1050. The Balaban J connectivity index is 1.77. The van der Waals surface area contributed by atoms with Crippen LogP contribution in [0.3, 0.4) is 0 Å². The van der Waals surface area contributed by atoms with Crippen LogP contribution < -0.4 is 5.32 Å². The summed E-state index contributed by atoms with van der Waals surface area (Å²) in [6.07, 6.45) is 2.63. The third-order valence-corrected chi connectivity index (χ3v) is 6.06. The van der Waals surface area contributed by atoms with Crippen LogP contribution >= 0.6 is 11.8 Å². The first-order chi connectivity index (χ1) is 15.0. The maximum Gasteiger partial charge on any atom is 0.328 e. The molecule has 0 bridgehead atoms. The predicted octanol–water partition coefficient (Wildman–Crippen LogP) is 3.51. The number of carbonyl (C=O) groups excluding carboxylic acids is 3. The van der Waals surface area contributed by atoms with Crippen molar-refractivity contribution in [3.63, 3.8) is 0 Å². The molecule has 1 amide bonds. The number of aromatic nitrogens is 1. The van der Waals surface area contributed by atoms with Crippen molar-refractivity contribution in [1.29, 1.82) is 0 Å². The second-order valence-corrected chi connectivity index (χ2v) is 8.53. The Morgan fingerprint density at radius 1 is 1.03 bits per heavy atom. The van der Waals surface area contributed by atoms with E-state index in [0.717, 1.165) is 33.8 Å². The summed E-state index contributed by atoms with van der Waals surface area (Å²) in [6, 6.07) is 16.6. The van der Waals surface area contributed by atoms with E-state index >= 15 is 0 Å². The standard InChI is InChI=1S/C24H26N2O4S/c1-16(27)31-15-19(12-17-8-4-3-5-9-17)23(28)26-22(24(29)30-2)13-18-14-25-21-11-7-6-10-20(18)21/h3-11,14,19,22,25H,12-13,15H2,1-2H3,(H,26,28)/t19-,22-/m0/s1. The fourth-order valence-corrected chi connectivity index (χ4v) is 4.19. The highest BCUT2D eigenvalue weighted by molar-refractivity contribution is 8.13. The van der Waals surface area contributed by atoms with Crippen molar-refractivity contribution < 1.29 is 19.1 Å². The van der Waals surface area contributed by atoms with E-state index in [1.165, 1.54) is 14.0 Å². The third kappa shape index (κ3) is 6.21. The van der Waals surface area contributed by atoms with E-state index < -0.39 is 17.9 Å². The summed E-state index contributed by atoms with van der Waals surface area (Å²) in [5, 5.41) is 3.81. The first-order valence-electron chi connectivity index (χ1n) is 10.1. The molecule has 2 aromatic carbocycles. The van der Waals surface area contributed by atoms with Gasteiger partial charge in [-0.3, -0.25) is 9.59 Å². The fourth-order valence-electron chi connectivity index (χ4n) is 3.49. The maximum atomic E-state index is 13.1. The molecule has 0 unspecified atom stereocenters. The summed E-state index contributed by atoms with van der Waals surface area (Å²) in [7, 11) is 1.31. The van der Waals surface area contributed by atoms with Gasteiger partial charge in [-0.2, -0.15) is 0 Å². The molecule has 162 valence electrons. The number of ether oxygens (including phenoxy) is 1. The lowest BCUT2D eigenvalue weighted by atomic mass is 9.99. The molecular formula is C24H26N2O4S. The van der Waals surface area contributed by atoms with Crippen molar-refractivity contribution in [2.24, 2.45) is 5.92 Å². The number of thioether (sulfide) groups is 1. The van der Waals surface area contributed by atoms with Crippen molar-refractivity contribution >= 4 is 39.7 Å². The van der Waals surface area contributed by atoms with Crippen LogP contribution in [-0.2, 0) is 32.0 Å². The van der Waals surface area contributed by atoms with Gasteiger partial charge in [-0.1, -0.05) is 60.3 Å². The number of para-hydroxylation sites is 1. The summed E-state index contributed by atoms with van der Waals surface area (Å²) < 4.78 is 4.95. The summed E-state index contributed by atoms with van der Waals surface area (Å²) >= 11 is 1.11. The minimum Gasteiger partial charge on any atom is -0.467 e. The number of carbonyl (C=O) groups is 3. The molecule has 0 aliphatic carbocycles. The average molecular weight is 439 g/mol. The van der Waals surface area contributed by atoms with Gasteiger partial charge in [-0.05, 0) is 23.6 Å². The fraction of sp³-hybridized carbons (Fsp3) is 0.292. The first-order valence-corrected chi connectivity index (χ1v) is 11.1. The molecule has 0 radical (unpaired) electrons. The van der Waals surface area contributed by atoms with Gasteiger partial charge in [0.2, 0.25) is 5.91 Å². The van der Waals surface area contributed by atoms with Crippen LogP contribution in [0.5, 0.6) is 0 Å². The molecule has 1 heterocycles. The van der Waals surface area contributed by atoms with Crippen LogP contribution in [0.1, 0.15) is 18.1 Å². The predicted molar refractivity (Wildman–Crippen MR) is 123 cm³/mol. The zero-order chi connectivity index (χ0) is 22.2. The molecule has 0 aliphatic heterocycles. The number of hydrogen-bond acceptors (Lipinski definition) is 5. The van der Waals surface area contributed by atoms with E-state index in [2.05, 4.69) is 10.3 Å². The lowest BCUT2D eigenvalue weighted by Crippen LogP contribution is -2.46. The Labute approximate surface area is 185 Å². The van der Waals surface area contributed by atoms with Crippen molar-refractivity contribution in [3.05, 3.63) is 71.9 Å². The molecule has 0 saturated carbocycles. The second-order valence-electron chi connectivity index (χ2n) is 7.34. The van der Waals surface area contributed by atoms with E-state index in [1.807, 2.05) is 60.8 Å². The summed E-state index contributed by atoms with van der Waals surface area (Å²) in [5.74, 6) is -0.882. The molecule has 7 heteroatoms. The van der Waals surface area contributed by atoms with Crippen LogP contribution in [0.4, 0.5) is 0 Å². The molecule has 2 N–H and O–H groups in total. The molecule has 31 heavy (non-hydrogen) atoms.